The standard InChI is InChI=1S/C20H20N4O3/c1-23-19(26)17(18(21)22-20(23)27)24(13-15-10-6-3-7-11-15)16(25)12-14-8-4-2-5-9-14/h2-11,17H,12-13H2,1H3,(H2,21,22,27). The number of amidine groups is 1. The Hall–Kier alpha value is -3.48. The van der Waals surface area contributed by atoms with Crippen LogP contribution in [0, 0.1) is 0 Å². The number of carbonyl (C=O) groups is 3. The van der Waals surface area contributed by atoms with Gasteiger partial charge < -0.3 is 10.6 Å². The number of rotatable bonds is 5. The number of benzene rings is 2. The molecule has 1 aliphatic heterocycles. The lowest BCUT2D eigenvalue weighted by molar-refractivity contribution is -0.141. The maximum Gasteiger partial charge on any atom is 0.351 e. The first-order valence-electron chi connectivity index (χ1n) is 8.50. The Balaban J connectivity index is 1.94. The molecule has 1 heterocycles. The van der Waals surface area contributed by atoms with Crippen LogP contribution >= 0.6 is 0 Å². The average Bonchev–Trinajstić information content (AvgIpc) is 2.67. The van der Waals surface area contributed by atoms with Crippen molar-refractivity contribution in [2.24, 2.45) is 10.7 Å². The zero-order valence-electron chi connectivity index (χ0n) is 14.9. The van der Waals surface area contributed by atoms with Crippen LogP contribution in [0.3, 0.4) is 0 Å². The van der Waals surface area contributed by atoms with Gasteiger partial charge in [-0.1, -0.05) is 60.7 Å². The van der Waals surface area contributed by atoms with Crippen LogP contribution in [0.5, 0.6) is 0 Å². The third-order valence-corrected chi connectivity index (χ3v) is 4.38. The predicted molar refractivity (Wildman–Crippen MR) is 101 cm³/mol. The molecule has 2 aromatic carbocycles. The van der Waals surface area contributed by atoms with Crippen molar-refractivity contribution in [3.05, 3.63) is 71.8 Å². The highest BCUT2D eigenvalue weighted by Gasteiger charge is 2.40. The first-order valence-corrected chi connectivity index (χ1v) is 8.50. The van der Waals surface area contributed by atoms with Gasteiger partial charge in [-0.2, -0.15) is 4.99 Å². The van der Waals surface area contributed by atoms with Crippen LogP contribution in [-0.2, 0) is 22.6 Å². The smallest absolute Gasteiger partial charge is 0.351 e. The van der Waals surface area contributed by atoms with Crippen molar-refractivity contribution in [2.45, 2.75) is 19.0 Å². The van der Waals surface area contributed by atoms with E-state index in [1.807, 2.05) is 60.7 Å². The number of likely N-dealkylation sites (N-methyl/N-ethyl adjacent to an activating group) is 1. The summed E-state index contributed by atoms with van der Waals surface area (Å²) in [5.41, 5.74) is 7.56. The average molecular weight is 364 g/mol. The molecule has 0 aromatic heterocycles. The minimum absolute atomic E-state index is 0.113. The third-order valence-electron chi connectivity index (χ3n) is 4.38. The summed E-state index contributed by atoms with van der Waals surface area (Å²) in [5.74, 6) is -1.01. The molecule has 0 fully saturated rings. The molecule has 0 radical (unpaired) electrons. The summed E-state index contributed by atoms with van der Waals surface area (Å²) in [4.78, 5) is 43.5. The predicted octanol–water partition coefficient (Wildman–Crippen LogP) is 1.58. The second kappa shape index (κ2) is 7.82. The molecule has 1 aliphatic rings. The maximum atomic E-state index is 13.1. The zero-order chi connectivity index (χ0) is 19.4. The van der Waals surface area contributed by atoms with Gasteiger partial charge in [-0.3, -0.25) is 14.5 Å². The van der Waals surface area contributed by atoms with Crippen LogP contribution in [0.4, 0.5) is 4.79 Å². The Morgan fingerprint density at radius 3 is 2.19 bits per heavy atom. The molecule has 0 saturated heterocycles. The van der Waals surface area contributed by atoms with Crippen LogP contribution in [0.25, 0.3) is 0 Å². The number of aliphatic imine (C=N–C) groups is 1. The van der Waals surface area contributed by atoms with E-state index in [0.29, 0.717) is 0 Å². The van der Waals surface area contributed by atoms with E-state index >= 15 is 0 Å². The molecule has 0 saturated carbocycles. The Morgan fingerprint density at radius 1 is 1.04 bits per heavy atom. The molecule has 7 nitrogen and oxygen atoms in total. The topological polar surface area (TPSA) is 96.1 Å². The second-order valence-electron chi connectivity index (χ2n) is 6.29. The molecule has 138 valence electrons. The molecular formula is C20H20N4O3. The monoisotopic (exact) mass is 364 g/mol. The molecule has 2 N–H and O–H groups in total. The van der Waals surface area contributed by atoms with E-state index < -0.39 is 18.0 Å². The van der Waals surface area contributed by atoms with Gasteiger partial charge in [-0.05, 0) is 11.1 Å². The highest BCUT2D eigenvalue weighted by atomic mass is 16.2. The van der Waals surface area contributed by atoms with Crippen LogP contribution in [0.1, 0.15) is 11.1 Å². The minimum Gasteiger partial charge on any atom is -0.385 e. The molecule has 1 unspecified atom stereocenters. The van der Waals surface area contributed by atoms with Crippen molar-refractivity contribution < 1.29 is 14.4 Å². The van der Waals surface area contributed by atoms with E-state index in [-0.39, 0.29) is 24.7 Å². The Kier molecular flexibility index (Phi) is 5.30. The molecule has 3 rings (SSSR count). The number of nitrogens with two attached hydrogens (primary N) is 1. The number of carbonyl (C=O) groups excluding carboxylic acids is 3. The second-order valence-corrected chi connectivity index (χ2v) is 6.29. The normalized spacial score (nSPS) is 16.9. The SMILES string of the molecule is CN1C(=O)N=C(N)C(N(Cc2ccccc2)C(=O)Cc2ccccc2)C1=O. The number of hydrogen-bond acceptors (Lipinski definition) is 4. The van der Waals surface area contributed by atoms with Crippen molar-refractivity contribution in [1.29, 1.82) is 0 Å². The fourth-order valence-electron chi connectivity index (χ4n) is 2.92. The number of amides is 4. The fraction of sp³-hybridized carbons (Fsp3) is 0.200. The first kappa shape index (κ1) is 18.3. The van der Waals surface area contributed by atoms with Crippen molar-refractivity contribution in [2.75, 3.05) is 7.05 Å². The highest BCUT2D eigenvalue weighted by molar-refractivity contribution is 6.19. The van der Waals surface area contributed by atoms with E-state index in [9.17, 15) is 14.4 Å². The Bertz CT molecular complexity index is 881. The largest absolute Gasteiger partial charge is 0.385 e. The van der Waals surface area contributed by atoms with Gasteiger partial charge in [-0.15, -0.1) is 0 Å². The molecule has 2 aromatic rings. The highest BCUT2D eigenvalue weighted by Crippen LogP contribution is 2.17. The fourth-order valence-corrected chi connectivity index (χ4v) is 2.92. The van der Waals surface area contributed by atoms with Gasteiger partial charge in [0.25, 0.3) is 5.91 Å². The van der Waals surface area contributed by atoms with Gasteiger partial charge in [0.05, 0.1) is 6.42 Å². The van der Waals surface area contributed by atoms with Crippen molar-refractivity contribution in [3.63, 3.8) is 0 Å². The molecule has 4 amide bonds. The zero-order valence-corrected chi connectivity index (χ0v) is 14.9. The van der Waals surface area contributed by atoms with Crippen LogP contribution in [0.15, 0.2) is 65.7 Å². The van der Waals surface area contributed by atoms with Gasteiger partial charge in [0.2, 0.25) is 5.91 Å². The van der Waals surface area contributed by atoms with Gasteiger partial charge in [0.15, 0.2) is 6.04 Å². The molecule has 0 spiro atoms. The molecule has 7 heteroatoms. The molecule has 0 aliphatic carbocycles. The summed E-state index contributed by atoms with van der Waals surface area (Å²) in [5, 5.41) is 0. The van der Waals surface area contributed by atoms with Crippen LogP contribution < -0.4 is 5.73 Å². The van der Waals surface area contributed by atoms with Gasteiger partial charge >= 0.3 is 6.03 Å². The number of nitrogens with zero attached hydrogens (tertiary/aromatic N) is 3. The third kappa shape index (κ3) is 4.03. The lowest BCUT2D eigenvalue weighted by atomic mass is 10.1. The molecular weight excluding hydrogens is 344 g/mol. The van der Waals surface area contributed by atoms with E-state index in [1.54, 1.807) is 0 Å². The Labute approximate surface area is 157 Å². The summed E-state index contributed by atoms with van der Waals surface area (Å²) in [6, 6.07) is 16.7. The van der Waals surface area contributed by atoms with Crippen molar-refractivity contribution in [3.8, 4) is 0 Å². The Morgan fingerprint density at radius 2 is 1.59 bits per heavy atom. The van der Waals surface area contributed by atoms with E-state index in [1.165, 1.54) is 11.9 Å². The molecule has 1 atom stereocenters. The van der Waals surface area contributed by atoms with Crippen molar-refractivity contribution >= 4 is 23.7 Å². The number of hydrogen-bond donors (Lipinski definition) is 1. The summed E-state index contributed by atoms with van der Waals surface area (Å²) in [6.45, 7) is 0.182. The lowest BCUT2D eigenvalue weighted by Crippen LogP contribution is -2.60. The first-order chi connectivity index (χ1) is 13.0. The van der Waals surface area contributed by atoms with Gasteiger partial charge in [0.1, 0.15) is 5.84 Å². The quantitative estimate of drug-likeness (QED) is 0.871. The lowest BCUT2D eigenvalue weighted by Gasteiger charge is -2.34. The summed E-state index contributed by atoms with van der Waals surface area (Å²) < 4.78 is 0. The molecule has 27 heavy (non-hydrogen) atoms. The minimum atomic E-state index is -1.11. The van der Waals surface area contributed by atoms with Gasteiger partial charge in [0, 0.05) is 13.6 Å². The molecule has 0 bridgehead atoms. The summed E-state index contributed by atoms with van der Waals surface area (Å²) >= 11 is 0. The van der Waals surface area contributed by atoms with Crippen molar-refractivity contribution in [1.82, 2.24) is 9.80 Å². The number of imide groups is 1. The van der Waals surface area contributed by atoms with Crippen LogP contribution in [-0.4, -0.2) is 46.6 Å². The van der Waals surface area contributed by atoms with E-state index in [2.05, 4.69) is 4.99 Å². The summed E-state index contributed by atoms with van der Waals surface area (Å²) in [6.07, 6.45) is 0.113. The van der Waals surface area contributed by atoms with Gasteiger partial charge in [-0.25, -0.2) is 4.79 Å². The maximum absolute atomic E-state index is 13.1. The van der Waals surface area contributed by atoms with E-state index in [0.717, 1.165) is 16.0 Å². The summed E-state index contributed by atoms with van der Waals surface area (Å²) in [7, 11) is 1.33. The van der Waals surface area contributed by atoms with Crippen LogP contribution in [0.2, 0.25) is 0 Å². The van der Waals surface area contributed by atoms with E-state index in [4.69, 9.17) is 5.73 Å². The number of urea groups is 1.